The Hall–Kier alpha value is -3.41. The van der Waals surface area contributed by atoms with Crippen LogP contribution in [-0.4, -0.2) is 39.3 Å². The minimum absolute atomic E-state index is 0.164. The number of rotatable bonds is 5. The number of hydrogen-bond acceptors (Lipinski definition) is 4. The molecule has 1 aromatic carbocycles. The van der Waals surface area contributed by atoms with Crippen molar-refractivity contribution in [2.45, 2.75) is 38.3 Å². The standard InChI is InChI=1S/C27H29N5O/c1-18-4-2-3-5-23(18)26-24(30-27(33)19-6-7-19)12-15-31(26)22-8-9-25-20(16-22)17-29-32(25)21-10-13-28-14-11-21/h2-5,8-11,13-14,16-19,23-24,26H,6-7,12,15H2,1H3,(H,30,33)/t18?,23?,24-,26+/m0/s1. The Morgan fingerprint density at radius 1 is 1.03 bits per heavy atom. The number of anilines is 1. The van der Waals surface area contributed by atoms with Crippen molar-refractivity contribution in [3.63, 3.8) is 0 Å². The number of allylic oxidation sites excluding steroid dienone is 3. The van der Waals surface area contributed by atoms with Crippen LogP contribution in [0.1, 0.15) is 26.2 Å². The van der Waals surface area contributed by atoms with Gasteiger partial charge in [0.2, 0.25) is 5.91 Å². The van der Waals surface area contributed by atoms with E-state index < -0.39 is 0 Å². The summed E-state index contributed by atoms with van der Waals surface area (Å²) in [4.78, 5) is 19.3. The molecular weight excluding hydrogens is 410 g/mol. The Morgan fingerprint density at radius 3 is 2.64 bits per heavy atom. The zero-order valence-corrected chi connectivity index (χ0v) is 18.8. The van der Waals surface area contributed by atoms with Gasteiger partial charge in [0, 0.05) is 41.8 Å². The van der Waals surface area contributed by atoms with Gasteiger partial charge >= 0.3 is 0 Å². The lowest BCUT2D eigenvalue weighted by Crippen LogP contribution is -2.50. The molecule has 2 aliphatic carbocycles. The number of hydrogen-bond donors (Lipinski definition) is 1. The van der Waals surface area contributed by atoms with Crippen molar-refractivity contribution < 1.29 is 4.79 Å². The van der Waals surface area contributed by atoms with E-state index in [4.69, 9.17) is 0 Å². The van der Waals surface area contributed by atoms with Gasteiger partial charge in [0.25, 0.3) is 0 Å². The molecule has 0 bridgehead atoms. The highest BCUT2D eigenvalue weighted by Crippen LogP contribution is 2.38. The van der Waals surface area contributed by atoms with Crippen molar-refractivity contribution in [3.05, 3.63) is 73.2 Å². The second-order valence-corrected chi connectivity index (χ2v) is 9.57. The number of nitrogens with zero attached hydrogens (tertiary/aromatic N) is 4. The average molecular weight is 440 g/mol. The topological polar surface area (TPSA) is 63.1 Å². The summed E-state index contributed by atoms with van der Waals surface area (Å²) in [6.45, 7) is 3.22. The average Bonchev–Trinajstić information content (AvgIpc) is 3.50. The molecule has 1 aliphatic heterocycles. The molecule has 1 saturated carbocycles. The number of carbonyl (C=O) groups excluding carboxylic acids is 1. The van der Waals surface area contributed by atoms with Gasteiger partial charge in [0.15, 0.2) is 0 Å². The van der Waals surface area contributed by atoms with E-state index in [-0.39, 0.29) is 23.9 Å². The SMILES string of the molecule is CC1C=CC=CC1[C@@H]1[C@@H](NC(=O)C2CC2)CCN1c1ccc2c(cnn2-c2ccncc2)c1. The van der Waals surface area contributed by atoms with Crippen molar-refractivity contribution >= 4 is 22.5 Å². The maximum Gasteiger partial charge on any atom is 0.223 e. The van der Waals surface area contributed by atoms with Crippen LogP contribution in [0, 0.1) is 17.8 Å². The number of benzene rings is 1. The molecule has 33 heavy (non-hydrogen) atoms. The highest BCUT2D eigenvalue weighted by molar-refractivity contribution is 5.84. The molecule has 0 radical (unpaired) electrons. The minimum atomic E-state index is 0.164. The number of carbonyl (C=O) groups is 1. The van der Waals surface area contributed by atoms with E-state index >= 15 is 0 Å². The molecular formula is C27H29N5O. The van der Waals surface area contributed by atoms with Crippen molar-refractivity contribution in [2.24, 2.45) is 17.8 Å². The highest BCUT2D eigenvalue weighted by Gasteiger charge is 2.43. The van der Waals surface area contributed by atoms with Crippen LogP contribution in [0.5, 0.6) is 0 Å². The first-order chi connectivity index (χ1) is 16.2. The van der Waals surface area contributed by atoms with Gasteiger partial charge < -0.3 is 10.2 Å². The molecule has 168 valence electrons. The van der Waals surface area contributed by atoms with E-state index in [2.05, 4.69) is 69.7 Å². The number of nitrogens with one attached hydrogen (secondary N) is 1. The lowest BCUT2D eigenvalue weighted by Gasteiger charge is -2.38. The van der Waals surface area contributed by atoms with Crippen molar-refractivity contribution in [2.75, 3.05) is 11.4 Å². The summed E-state index contributed by atoms with van der Waals surface area (Å²) in [5.74, 6) is 1.26. The van der Waals surface area contributed by atoms with Gasteiger partial charge in [-0.2, -0.15) is 5.10 Å². The number of aromatic nitrogens is 3. The zero-order chi connectivity index (χ0) is 22.4. The van der Waals surface area contributed by atoms with Crippen molar-refractivity contribution in [3.8, 4) is 5.69 Å². The van der Waals surface area contributed by atoms with Crippen molar-refractivity contribution in [1.82, 2.24) is 20.1 Å². The smallest absolute Gasteiger partial charge is 0.223 e. The molecule has 6 heteroatoms. The molecule has 3 heterocycles. The van der Waals surface area contributed by atoms with Crippen LogP contribution in [0.15, 0.2) is 73.2 Å². The third-order valence-corrected chi connectivity index (χ3v) is 7.38. The Balaban J connectivity index is 1.33. The summed E-state index contributed by atoms with van der Waals surface area (Å²) in [6, 6.07) is 10.9. The van der Waals surface area contributed by atoms with Gasteiger partial charge in [-0.1, -0.05) is 31.2 Å². The van der Waals surface area contributed by atoms with E-state index in [9.17, 15) is 4.79 Å². The van der Waals surface area contributed by atoms with Crippen LogP contribution >= 0.6 is 0 Å². The van der Waals surface area contributed by atoms with E-state index in [0.29, 0.717) is 11.8 Å². The van der Waals surface area contributed by atoms with Crippen LogP contribution in [0.25, 0.3) is 16.6 Å². The Kier molecular flexibility index (Phi) is 5.01. The molecule has 3 aromatic rings. The molecule has 2 aromatic heterocycles. The first-order valence-electron chi connectivity index (χ1n) is 12.0. The largest absolute Gasteiger partial charge is 0.366 e. The number of amides is 1. The Bertz CT molecular complexity index is 1230. The lowest BCUT2D eigenvalue weighted by molar-refractivity contribution is -0.123. The quantitative estimate of drug-likeness (QED) is 0.645. The summed E-state index contributed by atoms with van der Waals surface area (Å²) < 4.78 is 1.96. The third-order valence-electron chi connectivity index (χ3n) is 7.38. The van der Waals surface area contributed by atoms with Gasteiger partial charge in [-0.3, -0.25) is 9.78 Å². The van der Waals surface area contributed by atoms with Crippen molar-refractivity contribution in [1.29, 1.82) is 0 Å². The fourth-order valence-corrected chi connectivity index (χ4v) is 5.45. The summed E-state index contributed by atoms with van der Waals surface area (Å²) in [6.07, 6.45) is 17.4. The van der Waals surface area contributed by atoms with Gasteiger partial charge in [-0.15, -0.1) is 0 Å². The van der Waals surface area contributed by atoms with Crippen LogP contribution in [0.3, 0.4) is 0 Å². The number of pyridine rings is 1. The van der Waals surface area contributed by atoms with Crippen LogP contribution in [-0.2, 0) is 4.79 Å². The molecule has 6 rings (SSSR count). The molecule has 2 fully saturated rings. The summed E-state index contributed by atoms with van der Waals surface area (Å²) in [5.41, 5.74) is 3.27. The molecule has 6 nitrogen and oxygen atoms in total. The van der Waals surface area contributed by atoms with Gasteiger partial charge in [-0.05, 0) is 55.5 Å². The molecule has 1 N–H and O–H groups in total. The second kappa shape index (κ2) is 8.18. The fourth-order valence-electron chi connectivity index (χ4n) is 5.45. The van der Waals surface area contributed by atoms with E-state index in [1.54, 1.807) is 12.4 Å². The van der Waals surface area contributed by atoms with E-state index in [0.717, 1.165) is 42.4 Å². The predicted molar refractivity (Wildman–Crippen MR) is 130 cm³/mol. The van der Waals surface area contributed by atoms with Crippen LogP contribution in [0.2, 0.25) is 0 Å². The first-order valence-corrected chi connectivity index (χ1v) is 12.0. The minimum Gasteiger partial charge on any atom is -0.366 e. The normalized spacial score (nSPS) is 26.8. The molecule has 3 aliphatic rings. The summed E-state index contributed by atoms with van der Waals surface area (Å²) in [5, 5.41) is 9.15. The van der Waals surface area contributed by atoms with Gasteiger partial charge in [-0.25, -0.2) is 4.68 Å². The van der Waals surface area contributed by atoms with E-state index in [1.165, 1.54) is 5.69 Å². The molecule has 0 spiro atoms. The zero-order valence-electron chi connectivity index (χ0n) is 18.8. The van der Waals surface area contributed by atoms with Gasteiger partial charge in [0.05, 0.1) is 29.5 Å². The number of fused-ring (bicyclic) bond motifs is 1. The maximum absolute atomic E-state index is 12.6. The lowest BCUT2D eigenvalue weighted by atomic mass is 9.81. The predicted octanol–water partition coefficient (Wildman–Crippen LogP) is 4.27. The Morgan fingerprint density at radius 2 is 1.85 bits per heavy atom. The molecule has 1 saturated heterocycles. The molecule has 4 atom stereocenters. The molecule has 2 unspecified atom stereocenters. The maximum atomic E-state index is 12.6. The fraction of sp³-hybridized carbons (Fsp3) is 0.370. The third kappa shape index (κ3) is 3.73. The van der Waals surface area contributed by atoms with Crippen LogP contribution < -0.4 is 10.2 Å². The molecule has 1 amide bonds. The monoisotopic (exact) mass is 439 g/mol. The summed E-state index contributed by atoms with van der Waals surface area (Å²) >= 11 is 0. The Labute approximate surface area is 194 Å². The second-order valence-electron chi connectivity index (χ2n) is 9.57. The summed E-state index contributed by atoms with van der Waals surface area (Å²) in [7, 11) is 0. The van der Waals surface area contributed by atoms with Crippen LogP contribution in [0.4, 0.5) is 5.69 Å². The van der Waals surface area contributed by atoms with E-state index in [1.807, 2.05) is 23.0 Å². The highest BCUT2D eigenvalue weighted by atomic mass is 16.2. The first kappa shape index (κ1) is 20.2. The van der Waals surface area contributed by atoms with Gasteiger partial charge in [0.1, 0.15) is 0 Å².